The van der Waals surface area contributed by atoms with Gasteiger partial charge in [-0.25, -0.2) is 0 Å². The molecule has 0 radical (unpaired) electrons. The van der Waals surface area contributed by atoms with Gasteiger partial charge < -0.3 is 10.6 Å². The molecule has 0 saturated heterocycles. The Bertz CT molecular complexity index is 714. The molecule has 0 saturated carbocycles. The van der Waals surface area contributed by atoms with Crippen molar-refractivity contribution in [3.8, 4) is 0 Å². The second-order valence-electron chi connectivity index (χ2n) is 5.06. The molecular weight excluding hydrogens is 344 g/mol. The van der Waals surface area contributed by atoms with Crippen molar-refractivity contribution in [1.82, 2.24) is 5.32 Å². The third kappa shape index (κ3) is 4.43. The van der Waals surface area contributed by atoms with Crippen molar-refractivity contribution in [2.24, 2.45) is 0 Å². The molecule has 0 bridgehead atoms. The monoisotopic (exact) mass is 360 g/mol. The Morgan fingerprint density at radius 3 is 2.55 bits per heavy atom. The van der Waals surface area contributed by atoms with Crippen LogP contribution in [0.1, 0.15) is 21.5 Å². The van der Waals surface area contributed by atoms with Crippen LogP contribution in [0.2, 0.25) is 0 Å². The average Bonchev–Trinajstić information content (AvgIpc) is 2.47. The van der Waals surface area contributed by atoms with Crippen LogP contribution in [0.15, 0.2) is 46.9 Å². The molecule has 2 aromatic carbocycles. The highest BCUT2D eigenvalue weighted by molar-refractivity contribution is 9.10. The molecule has 0 heterocycles. The van der Waals surface area contributed by atoms with E-state index in [0.717, 1.165) is 21.3 Å². The Balaban J connectivity index is 1.91. The van der Waals surface area contributed by atoms with E-state index in [1.807, 2.05) is 44.2 Å². The molecule has 2 rings (SSSR count). The van der Waals surface area contributed by atoms with Gasteiger partial charge in [0.05, 0.1) is 6.54 Å². The summed E-state index contributed by atoms with van der Waals surface area (Å²) in [6.07, 6.45) is 0. The van der Waals surface area contributed by atoms with E-state index in [0.29, 0.717) is 5.56 Å². The van der Waals surface area contributed by atoms with Crippen molar-refractivity contribution in [1.29, 1.82) is 0 Å². The molecule has 0 spiro atoms. The predicted octanol–water partition coefficient (Wildman–Crippen LogP) is 3.43. The van der Waals surface area contributed by atoms with Gasteiger partial charge >= 0.3 is 0 Å². The predicted molar refractivity (Wildman–Crippen MR) is 91.0 cm³/mol. The molecule has 4 nitrogen and oxygen atoms in total. The maximum absolute atomic E-state index is 12.0. The molecular formula is C17H17BrN2O2. The highest BCUT2D eigenvalue weighted by Gasteiger charge is 2.09. The minimum atomic E-state index is -0.258. The summed E-state index contributed by atoms with van der Waals surface area (Å²) in [6, 6.07) is 12.8. The van der Waals surface area contributed by atoms with Crippen molar-refractivity contribution < 1.29 is 9.59 Å². The fraction of sp³-hybridized carbons (Fsp3) is 0.176. The summed E-state index contributed by atoms with van der Waals surface area (Å²) in [5.74, 6) is -0.516. The first kappa shape index (κ1) is 16.2. The SMILES string of the molecule is Cc1cccc(C(=O)NCC(=O)Nc2ccc(Br)cc2C)c1. The number of benzene rings is 2. The Labute approximate surface area is 138 Å². The number of nitrogens with one attached hydrogen (secondary N) is 2. The molecule has 2 aromatic rings. The summed E-state index contributed by atoms with van der Waals surface area (Å²) in [6.45, 7) is 3.76. The Morgan fingerprint density at radius 2 is 1.86 bits per heavy atom. The van der Waals surface area contributed by atoms with Crippen LogP contribution in [-0.2, 0) is 4.79 Å². The zero-order valence-corrected chi connectivity index (χ0v) is 14.0. The number of amides is 2. The summed E-state index contributed by atoms with van der Waals surface area (Å²) < 4.78 is 0.954. The van der Waals surface area contributed by atoms with Gasteiger partial charge in [-0.05, 0) is 49.7 Å². The smallest absolute Gasteiger partial charge is 0.251 e. The maximum Gasteiger partial charge on any atom is 0.251 e. The zero-order valence-electron chi connectivity index (χ0n) is 12.4. The summed E-state index contributed by atoms with van der Waals surface area (Å²) in [4.78, 5) is 23.9. The molecule has 0 aliphatic carbocycles. The van der Waals surface area contributed by atoms with Crippen molar-refractivity contribution in [3.05, 3.63) is 63.6 Å². The lowest BCUT2D eigenvalue weighted by molar-refractivity contribution is -0.115. The molecule has 5 heteroatoms. The first-order valence-corrected chi connectivity index (χ1v) is 7.66. The van der Waals surface area contributed by atoms with Gasteiger partial charge in [-0.1, -0.05) is 33.6 Å². The molecule has 0 unspecified atom stereocenters. The Kier molecular flexibility index (Phi) is 5.33. The van der Waals surface area contributed by atoms with E-state index >= 15 is 0 Å². The molecule has 0 aromatic heterocycles. The van der Waals surface area contributed by atoms with Gasteiger partial charge in [-0.2, -0.15) is 0 Å². The first-order valence-electron chi connectivity index (χ1n) is 6.86. The fourth-order valence-electron chi connectivity index (χ4n) is 2.01. The fourth-order valence-corrected chi connectivity index (χ4v) is 2.49. The Morgan fingerprint density at radius 1 is 1.09 bits per heavy atom. The van der Waals surface area contributed by atoms with Crippen LogP contribution in [0, 0.1) is 13.8 Å². The number of halogens is 1. The summed E-state index contributed by atoms with van der Waals surface area (Å²) in [5, 5.41) is 5.40. The van der Waals surface area contributed by atoms with E-state index in [-0.39, 0.29) is 18.4 Å². The second-order valence-corrected chi connectivity index (χ2v) is 5.98. The minimum absolute atomic E-state index is 0.0672. The largest absolute Gasteiger partial charge is 0.343 e. The van der Waals surface area contributed by atoms with Crippen LogP contribution in [0.25, 0.3) is 0 Å². The number of rotatable bonds is 4. The molecule has 0 aliphatic heterocycles. The minimum Gasteiger partial charge on any atom is -0.343 e. The number of anilines is 1. The van der Waals surface area contributed by atoms with Gasteiger partial charge in [0.2, 0.25) is 5.91 Å². The maximum atomic E-state index is 12.0. The van der Waals surface area contributed by atoms with Crippen LogP contribution in [-0.4, -0.2) is 18.4 Å². The number of carbonyl (C=O) groups excluding carboxylic acids is 2. The van der Waals surface area contributed by atoms with E-state index in [1.165, 1.54) is 0 Å². The zero-order chi connectivity index (χ0) is 16.1. The second kappa shape index (κ2) is 7.22. The molecule has 0 fully saturated rings. The standard InChI is InChI=1S/C17H17BrN2O2/c1-11-4-3-5-13(8-11)17(22)19-10-16(21)20-15-7-6-14(18)9-12(15)2/h3-9H,10H2,1-2H3,(H,19,22)(H,20,21). The summed E-state index contributed by atoms with van der Waals surface area (Å²) in [5.41, 5.74) is 3.24. The van der Waals surface area contributed by atoms with E-state index in [1.54, 1.807) is 12.1 Å². The average molecular weight is 361 g/mol. The number of aryl methyl sites for hydroxylation is 2. The summed E-state index contributed by atoms with van der Waals surface area (Å²) in [7, 11) is 0. The van der Waals surface area contributed by atoms with Gasteiger partial charge in [-0.3, -0.25) is 9.59 Å². The van der Waals surface area contributed by atoms with Gasteiger partial charge in [0.25, 0.3) is 5.91 Å². The van der Waals surface area contributed by atoms with Crippen molar-refractivity contribution in [2.75, 3.05) is 11.9 Å². The van der Waals surface area contributed by atoms with E-state index in [4.69, 9.17) is 0 Å². The first-order chi connectivity index (χ1) is 10.5. The van der Waals surface area contributed by atoms with Gasteiger partial charge in [0, 0.05) is 15.7 Å². The lowest BCUT2D eigenvalue weighted by atomic mass is 10.1. The number of hydrogen-bond acceptors (Lipinski definition) is 2. The molecule has 2 N–H and O–H groups in total. The number of carbonyl (C=O) groups is 2. The molecule has 2 amide bonds. The topological polar surface area (TPSA) is 58.2 Å². The van der Waals surface area contributed by atoms with E-state index in [2.05, 4.69) is 26.6 Å². The van der Waals surface area contributed by atoms with Crippen molar-refractivity contribution in [3.63, 3.8) is 0 Å². The lowest BCUT2D eigenvalue weighted by Crippen LogP contribution is -2.33. The molecule has 0 aliphatic rings. The van der Waals surface area contributed by atoms with Crippen molar-refractivity contribution >= 4 is 33.4 Å². The lowest BCUT2D eigenvalue weighted by Gasteiger charge is -2.10. The molecule has 22 heavy (non-hydrogen) atoms. The van der Waals surface area contributed by atoms with Crippen LogP contribution >= 0.6 is 15.9 Å². The molecule has 114 valence electrons. The van der Waals surface area contributed by atoms with Gasteiger partial charge in [0.15, 0.2) is 0 Å². The molecule has 0 atom stereocenters. The van der Waals surface area contributed by atoms with Crippen molar-refractivity contribution in [2.45, 2.75) is 13.8 Å². The van der Waals surface area contributed by atoms with Gasteiger partial charge in [0.1, 0.15) is 0 Å². The Hall–Kier alpha value is -2.14. The summed E-state index contributed by atoms with van der Waals surface area (Å²) >= 11 is 3.37. The highest BCUT2D eigenvalue weighted by atomic mass is 79.9. The normalized spacial score (nSPS) is 10.1. The van der Waals surface area contributed by atoms with E-state index < -0.39 is 0 Å². The quantitative estimate of drug-likeness (QED) is 0.877. The third-order valence-electron chi connectivity index (χ3n) is 3.15. The highest BCUT2D eigenvalue weighted by Crippen LogP contribution is 2.19. The number of hydrogen-bond donors (Lipinski definition) is 2. The van der Waals surface area contributed by atoms with Crippen LogP contribution < -0.4 is 10.6 Å². The van der Waals surface area contributed by atoms with Crippen LogP contribution in [0.5, 0.6) is 0 Å². The van der Waals surface area contributed by atoms with E-state index in [9.17, 15) is 9.59 Å². The van der Waals surface area contributed by atoms with Gasteiger partial charge in [-0.15, -0.1) is 0 Å². The van der Waals surface area contributed by atoms with Crippen LogP contribution in [0.4, 0.5) is 5.69 Å². The van der Waals surface area contributed by atoms with Crippen LogP contribution in [0.3, 0.4) is 0 Å². The third-order valence-corrected chi connectivity index (χ3v) is 3.65.